The second-order valence-corrected chi connectivity index (χ2v) is 14.4. The highest BCUT2D eigenvalue weighted by Crippen LogP contribution is 2.39. The van der Waals surface area contributed by atoms with Crippen LogP contribution < -0.4 is 9.64 Å². The van der Waals surface area contributed by atoms with Crippen molar-refractivity contribution >= 4 is 17.8 Å². The van der Waals surface area contributed by atoms with Crippen LogP contribution in [-0.4, -0.2) is 59.7 Å². The van der Waals surface area contributed by atoms with Crippen LogP contribution in [0.2, 0.25) is 0 Å². The zero-order valence-corrected chi connectivity index (χ0v) is 28.6. The summed E-state index contributed by atoms with van der Waals surface area (Å²) < 4.78 is 17.3. The van der Waals surface area contributed by atoms with Gasteiger partial charge in [-0.3, -0.25) is 9.69 Å². The normalized spacial score (nSPS) is 23.3. The number of amides is 2. The molecule has 3 aliphatic rings. The molecule has 3 heterocycles. The molecule has 0 bridgehead atoms. The zero-order chi connectivity index (χ0) is 33.1. The van der Waals surface area contributed by atoms with E-state index in [1.54, 1.807) is 24.4 Å². The molecule has 2 aromatic heterocycles. The number of carbonyl (C=O) groups is 2. The van der Waals surface area contributed by atoms with Gasteiger partial charge in [0.25, 0.3) is 0 Å². The molecule has 0 spiro atoms. The molecule has 2 amide bonds. The fourth-order valence-electron chi connectivity index (χ4n) is 7.51. The highest BCUT2D eigenvalue weighted by molar-refractivity contribution is 5.94. The summed E-state index contributed by atoms with van der Waals surface area (Å²) in [5.74, 6) is 4.56. The van der Waals surface area contributed by atoms with Gasteiger partial charge in [-0.05, 0) is 105 Å². The van der Waals surface area contributed by atoms with Crippen molar-refractivity contribution in [3.63, 3.8) is 0 Å². The van der Waals surface area contributed by atoms with Crippen LogP contribution in [0.5, 0.6) is 5.75 Å². The Kier molecular flexibility index (Phi) is 10.2. The summed E-state index contributed by atoms with van der Waals surface area (Å²) in [4.78, 5) is 39.8. The highest BCUT2D eigenvalue weighted by Gasteiger charge is 2.36. The SMILES string of the molecule is COc1ccc(C2CCC(CN(C(=O)C3CCC(OC(=O)N4CC(C)C4)CC3)c3cc(-c4cnc(C(C)C)o4)ccn3)CC2)cc1C. The number of oxazole rings is 1. The standard InChI is InChI=1S/C38H50N4O5/c1-24(2)36-40-20-34(47-36)31-16-17-39-35(19-31)42(23-27-6-8-28(9-7-27)30-12-15-33(45-5)26(4)18-30)37(43)29-10-13-32(14-11-29)46-38(44)41-21-25(3)22-41/h12,15-20,24-25,27-29,32H,6-11,13-14,21-23H2,1-5H3. The van der Waals surface area contributed by atoms with Gasteiger partial charge in [0, 0.05) is 43.2 Å². The molecule has 0 unspecified atom stereocenters. The molecular formula is C38H50N4O5. The minimum absolute atomic E-state index is 0.115. The molecule has 3 aromatic rings. The number of hydrogen-bond acceptors (Lipinski definition) is 7. The lowest BCUT2D eigenvalue weighted by Gasteiger charge is -2.38. The molecule has 3 fully saturated rings. The van der Waals surface area contributed by atoms with E-state index in [1.165, 1.54) is 11.1 Å². The number of likely N-dealkylation sites (tertiary alicyclic amines) is 1. The first kappa shape index (κ1) is 33.0. The number of carbonyl (C=O) groups excluding carboxylic acids is 2. The Morgan fingerprint density at radius 1 is 1.00 bits per heavy atom. The molecule has 9 nitrogen and oxygen atoms in total. The first-order chi connectivity index (χ1) is 22.7. The molecule has 9 heteroatoms. The number of pyridine rings is 1. The van der Waals surface area contributed by atoms with Crippen LogP contribution in [0.25, 0.3) is 11.3 Å². The number of aryl methyl sites for hydroxylation is 1. The summed E-state index contributed by atoms with van der Waals surface area (Å²) in [6, 6.07) is 10.4. The van der Waals surface area contributed by atoms with E-state index in [-0.39, 0.29) is 29.9 Å². The first-order valence-electron chi connectivity index (χ1n) is 17.5. The summed E-state index contributed by atoms with van der Waals surface area (Å²) in [7, 11) is 1.72. The van der Waals surface area contributed by atoms with Crippen molar-refractivity contribution in [3.05, 3.63) is 59.7 Å². The van der Waals surface area contributed by atoms with Crippen LogP contribution in [0.15, 0.2) is 47.1 Å². The monoisotopic (exact) mass is 642 g/mol. The van der Waals surface area contributed by atoms with Crippen molar-refractivity contribution in [2.45, 2.75) is 97.0 Å². The summed E-state index contributed by atoms with van der Waals surface area (Å²) >= 11 is 0. The number of anilines is 1. The zero-order valence-electron chi connectivity index (χ0n) is 28.6. The van der Waals surface area contributed by atoms with Gasteiger partial charge in [-0.15, -0.1) is 0 Å². The minimum atomic E-state index is -0.214. The van der Waals surface area contributed by atoms with Crippen LogP contribution in [0.4, 0.5) is 10.6 Å². The van der Waals surface area contributed by atoms with Crippen LogP contribution in [-0.2, 0) is 9.53 Å². The molecule has 252 valence electrons. The Morgan fingerprint density at radius 3 is 2.38 bits per heavy atom. The average molecular weight is 643 g/mol. The first-order valence-corrected chi connectivity index (χ1v) is 17.5. The Hall–Kier alpha value is -3.88. The molecule has 0 radical (unpaired) electrons. The Bertz CT molecular complexity index is 1530. The van der Waals surface area contributed by atoms with Crippen molar-refractivity contribution in [1.82, 2.24) is 14.9 Å². The Balaban J connectivity index is 1.15. The molecule has 1 saturated heterocycles. The van der Waals surface area contributed by atoms with Crippen LogP contribution in [0, 0.1) is 24.7 Å². The topological polar surface area (TPSA) is 98.0 Å². The lowest BCUT2D eigenvalue weighted by Crippen LogP contribution is -2.50. The van der Waals surface area contributed by atoms with E-state index in [4.69, 9.17) is 18.9 Å². The molecule has 47 heavy (non-hydrogen) atoms. The molecule has 1 aliphatic heterocycles. The van der Waals surface area contributed by atoms with E-state index >= 15 is 0 Å². The minimum Gasteiger partial charge on any atom is -0.496 e. The molecule has 0 N–H and O–H groups in total. The van der Waals surface area contributed by atoms with Gasteiger partial charge in [-0.1, -0.05) is 32.9 Å². The van der Waals surface area contributed by atoms with Crippen molar-refractivity contribution in [2.24, 2.45) is 17.8 Å². The number of nitrogens with zero attached hydrogens (tertiary/aromatic N) is 4. The van der Waals surface area contributed by atoms with Gasteiger partial charge in [-0.2, -0.15) is 0 Å². The third-order valence-corrected chi connectivity index (χ3v) is 10.4. The van der Waals surface area contributed by atoms with Crippen molar-refractivity contribution in [1.29, 1.82) is 0 Å². The van der Waals surface area contributed by atoms with Crippen molar-refractivity contribution in [3.8, 4) is 17.1 Å². The number of benzene rings is 1. The van der Waals surface area contributed by atoms with Gasteiger partial charge in [0.05, 0.1) is 13.3 Å². The molecule has 1 aromatic carbocycles. The van der Waals surface area contributed by atoms with Gasteiger partial charge < -0.3 is 18.8 Å². The van der Waals surface area contributed by atoms with Crippen LogP contribution >= 0.6 is 0 Å². The van der Waals surface area contributed by atoms with Gasteiger partial charge >= 0.3 is 6.09 Å². The quantitative estimate of drug-likeness (QED) is 0.232. The summed E-state index contributed by atoms with van der Waals surface area (Å²) in [6.07, 6.45) is 10.3. The number of rotatable bonds is 9. The summed E-state index contributed by atoms with van der Waals surface area (Å²) in [6.45, 7) is 10.5. The number of methoxy groups -OCH3 is 1. The fourth-order valence-corrected chi connectivity index (χ4v) is 7.51. The molecule has 0 atom stereocenters. The summed E-state index contributed by atoms with van der Waals surface area (Å²) in [5.41, 5.74) is 3.40. The van der Waals surface area contributed by atoms with Gasteiger partial charge in [0.2, 0.25) is 5.91 Å². The van der Waals surface area contributed by atoms with Gasteiger partial charge in [0.1, 0.15) is 17.7 Å². The van der Waals surface area contributed by atoms with E-state index < -0.39 is 0 Å². The van der Waals surface area contributed by atoms with Gasteiger partial charge in [0.15, 0.2) is 11.7 Å². The fraction of sp³-hybridized carbons (Fsp3) is 0.579. The molecule has 2 aliphatic carbocycles. The third kappa shape index (κ3) is 7.65. The van der Waals surface area contributed by atoms with E-state index in [9.17, 15) is 9.59 Å². The maximum atomic E-state index is 14.3. The second-order valence-electron chi connectivity index (χ2n) is 14.4. The summed E-state index contributed by atoms with van der Waals surface area (Å²) in [5, 5.41) is 0. The number of ether oxygens (including phenoxy) is 2. The number of aromatic nitrogens is 2. The molecule has 6 rings (SSSR count). The smallest absolute Gasteiger partial charge is 0.410 e. The van der Waals surface area contributed by atoms with E-state index in [2.05, 4.69) is 50.9 Å². The number of hydrogen-bond donors (Lipinski definition) is 0. The Labute approximate surface area is 279 Å². The van der Waals surface area contributed by atoms with E-state index in [1.807, 2.05) is 17.0 Å². The largest absolute Gasteiger partial charge is 0.496 e. The molecule has 2 saturated carbocycles. The average Bonchev–Trinajstić information content (AvgIpc) is 3.57. The lowest BCUT2D eigenvalue weighted by atomic mass is 9.78. The van der Waals surface area contributed by atoms with Gasteiger partial charge in [-0.25, -0.2) is 14.8 Å². The second kappa shape index (κ2) is 14.5. The lowest BCUT2D eigenvalue weighted by molar-refractivity contribution is -0.124. The Morgan fingerprint density at radius 2 is 1.74 bits per heavy atom. The van der Waals surface area contributed by atoms with Crippen molar-refractivity contribution < 1.29 is 23.5 Å². The van der Waals surface area contributed by atoms with E-state index in [0.717, 1.165) is 50.1 Å². The maximum Gasteiger partial charge on any atom is 0.410 e. The van der Waals surface area contributed by atoms with Crippen LogP contribution in [0.1, 0.15) is 101 Å². The predicted molar refractivity (Wildman–Crippen MR) is 182 cm³/mol. The van der Waals surface area contributed by atoms with Crippen molar-refractivity contribution in [2.75, 3.05) is 31.6 Å². The molecular weight excluding hydrogens is 592 g/mol. The third-order valence-electron chi connectivity index (χ3n) is 10.4. The van der Waals surface area contributed by atoms with Crippen LogP contribution in [0.3, 0.4) is 0 Å². The predicted octanol–water partition coefficient (Wildman–Crippen LogP) is 8.13. The maximum absolute atomic E-state index is 14.3. The van der Waals surface area contributed by atoms with E-state index in [0.29, 0.717) is 67.5 Å². The highest BCUT2D eigenvalue weighted by atomic mass is 16.6.